The first-order valence-corrected chi connectivity index (χ1v) is 27.7. The van der Waals surface area contributed by atoms with E-state index in [1.807, 2.05) is 52.8 Å². The second-order valence-electron chi connectivity index (χ2n) is 22.3. The average Bonchev–Trinajstić information content (AvgIpc) is 3.96. The standard InChI is InChI=1S/C54H74N14O7S/c1-32-33(2)64-65-47(32)63-48-38-26-44(76(73,74)54(7,8)9)43(27-40(38)58-31-59-48)75-24-14-19-66-20-22-67(23-21-66)45-29-56-41(28-57-45)50(70)60-36-25-42(51(71)61-39-18-13-16-35-15-11-12-17-37(35)39)68(30-36)52(72)46(53(4,5)6)62-49(69)34(3)55-10/h11-12,15,17,26-29,31,34,36,39,42,46,55H,13-14,16,18-25,30H2,1-10H3,(H,60,70)(H,61,71)(H,62,69)(H2,58,59,63,64,65)/t34-,36-,39+,42-,46+/m0/s1. The van der Waals surface area contributed by atoms with E-state index in [1.165, 1.54) is 23.0 Å². The molecule has 1 aliphatic carbocycles. The molecule has 76 heavy (non-hydrogen) atoms. The van der Waals surface area contributed by atoms with Crippen LogP contribution in [-0.4, -0.2) is 154 Å². The van der Waals surface area contributed by atoms with Crippen molar-refractivity contribution in [1.29, 1.82) is 0 Å². The number of likely N-dealkylation sites (tertiary alicyclic amines) is 1. The molecule has 4 amide bonds. The number of benzene rings is 2. The number of hydrogen-bond acceptors (Lipinski definition) is 16. The van der Waals surface area contributed by atoms with Crippen LogP contribution in [0.2, 0.25) is 0 Å². The Kier molecular flexibility index (Phi) is 16.7. The number of fused-ring (bicyclic) bond motifs is 2. The van der Waals surface area contributed by atoms with Gasteiger partial charge in [-0.1, -0.05) is 45.0 Å². The summed E-state index contributed by atoms with van der Waals surface area (Å²) in [6, 6.07) is 8.12. The molecule has 2 saturated heterocycles. The zero-order chi connectivity index (χ0) is 54.7. The zero-order valence-corrected chi connectivity index (χ0v) is 46.2. The number of aromatic amines is 1. The van der Waals surface area contributed by atoms with Crippen LogP contribution in [0.3, 0.4) is 0 Å². The van der Waals surface area contributed by atoms with E-state index in [4.69, 9.17) is 4.74 Å². The molecule has 5 heterocycles. The number of carbonyl (C=O) groups excluding carboxylic acids is 4. The Labute approximate surface area is 445 Å². The van der Waals surface area contributed by atoms with Gasteiger partial charge >= 0.3 is 0 Å². The van der Waals surface area contributed by atoms with Crippen molar-refractivity contribution in [1.82, 2.24) is 61.2 Å². The third-order valence-corrected chi connectivity index (χ3v) is 17.4. The normalized spacial score (nSPS) is 19.2. The molecule has 3 aromatic heterocycles. The number of nitrogens with zero attached hydrogens (tertiary/aromatic N) is 8. The molecule has 0 saturated carbocycles. The van der Waals surface area contributed by atoms with Gasteiger partial charge in [0.25, 0.3) is 5.91 Å². The fourth-order valence-corrected chi connectivity index (χ4v) is 11.2. The minimum absolute atomic E-state index is 0.0564. The van der Waals surface area contributed by atoms with Gasteiger partial charge < -0.3 is 41.1 Å². The highest BCUT2D eigenvalue weighted by Gasteiger charge is 2.46. The van der Waals surface area contributed by atoms with Crippen molar-refractivity contribution in [3.05, 3.63) is 83.2 Å². The van der Waals surface area contributed by atoms with Crippen molar-refractivity contribution in [2.75, 3.05) is 63.1 Å². The van der Waals surface area contributed by atoms with Gasteiger partial charge in [0.05, 0.1) is 41.3 Å². The Morgan fingerprint density at radius 3 is 2.34 bits per heavy atom. The number of hydrogen-bond donors (Lipinski definition) is 6. The molecule has 22 heteroatoms. The van der Waals surface area contributed by atoms with Crippen LogP contribution in [0.1, 0.15) is 113 Å². The molecule has 408 valence electrons. The van der Waals surface area contributed by atoms with Crippen LogP contribution in [-0.2, 0) is 30.6 Å². The second-order valence-corrected chi connectivity index (χ2v) is 24.9. The van der Waals surface area contributed by atoms with Crippen molar-refractivity contribution in [3.8, 4) is 5.75 Å². The number of carbonyl (C=O) groups is 4. The number of aromatic nitrogens is 6. The molecule has 3 aliphatic rings. The number of rotatable bonds is 17. The van der Waals surface area contributed by atoms with Gasteiger partial charge in [0.15, 0.2) is 15.7 Å². The Bertz CT molecular complexity index is 3040. The second kappa shape index (κ2) is 22.8. The van der Waals surface area contributed by atoms with Crippen LogP contribution < -0.4 is 36.2 Å². The number of aryl methyl sites for hydroxylation is 2. The maximum absolute atomic E-state index is 14.6. The number of ether oxygens (including phenoxy) is 1. The molecule has 0 spiro atoms. The zero-order valence-electron chi connectivity index (χ0n) is 45.4. The predicted octanol–water partition coefficient (Wildman–Crippen LogP) is 4.70. The maximum Gasteiger partial charge on any atom is 0.271 e. The minimum atomic E-state index is -3.85. The quantitative estimate of drug-likeness (QED) is 0.0690. The molecule has 0 radical (unpaired) electrons. The number of likely N-dealkylation sites (N-methyl/N-ethyl adjacent to an activating group) is 1. The molecule has 5 aromatic rings. The van der Waals surface area contributed by atoms with Gasteiger partial charge in [-0.2, -0.15) is 5.10 Å². The molecule has 2 aliphatic heterocycles. The minimum Gasteiger partial charge on any atom is -0.492 e. The van der Waals surface area contributed by atoms with Crippen molar-refractivity contribution >= 4 is 61.8 Å². The van der Waals surface area contributed by atoms with Gasteiger partial charge in [0.2, 0.25) is 17.7 Å². The van der Waals surface area contributed by atoms with Crippen LogP contribution in [0.15, 0.2) is 60.0 Å². The van der Waals surface area contributed by atoms with E-state index in [1.54, 1.807) is 53.1 Å². The lowest BCUT2D eigenvalue weighted by atomic mass is 9.85. The Balaban J connectivity index is 0.871. The summed E-state index contributed by atoms with van der Waals surface area (Å²) in [6.07, 6.45) is 7.86. The van der Waals surface area contributed by atoms with E-state index in [2.05, 4.69) is 72.6 Å². The lowest BCUT2D eigenvalue weighted by Crippen LogP contribution is -2.59. The van der Waals surface area contributed by atoms with E-state index < -0.39 is 56.0 Å². The fourth-order valence-electron chi connectivity index (χ4n) is 9.88. The lowest BCUT2D eigenvalue weighted by molar-refractivity contribution is -0.144. The van der Waals surface area contributed by atoms with Crippen molar-refractivity contribution in [2.45, 2.75) is 134 Å². The number of piperazine rings is 1. The van der Waals surface area contributed by atoms with Crippen LogP contribution in [0, 0.1) is 19.3 Å². The summed E-state index contributed by atoms with van der Waals surface area (Å²) < 4.78 is 33.1. The van der Waals surface area contributed by atoms with E-state index >= 15 is 0 Å². The van der Waals surface area contributed by atoms with E-state index in [0.29, 0.717) is 54.4 Å². The number of nitrogens with one attached hydrogen (secondary N) is 6. The average molecular weight is 1060 g/mol. The summed E-state index contributed by atoms with van der Waals surface area (Å²) in [5, 5.41) is 23.1. The summed E-state index contributed by atoms with van der Waals surface area (Å²) in [4.78, 5) is 79.8. The van der Waals surface area contributed by atoms with Crippen molar-refractivity contribution in [3.63, 3.8) is 0 Å². The van der Waals surface area contributed by atoms with Crippen LogP contribution in [0.4, 0.5) is 17.5 Å². The summed E-state index contributed by atoms with van der Waals surface area (Å²) in [5.41, 5.74) is 4.00. The monoisotopic (exact) mass is 1060 g/mol. The molecule has 0 bridgehead atoms. The first-order chi connectivity index (χ1) is 36.0. The molecule has 21 nitrogen and oxygen atoms in total. The largest absolute Gasteiger partial charge is 0.492 e. The van der Waals surface area contributed by atoms with Gasteiger partial charge in [0.1, 0.15) is 46.4 Å². The number of anilines is 3. The molecule has 6 N–H and O–H groups in total. The smallest absolute Gasteiger partial charge is 0.271 e. The molecule has 2 aromatic carbocycles. The predicted molar refractivity (Wildman–Crippen MR) is 290 cm³/mol. The number of H-pyrrole nitrogens is 1. The van der Waals surface area contributed by atoms with Crippen LogP contribution in [0.25, 0.3) is 10.9 Å². The van der Waals surface area contributed by atoms with E-state index in [-0.39, 0.29) is 53.8 Å². The van der Waals surface area contributed by atoms with Crippen LogP contribution >= 0.6 is 0 Å². The molecular weight excluding hydrogens is 989 g/mol. The maximum atomic E-state index is 14.6. The van der Waals surface area contributed by atoms with Gasteiger partial charge in [-0.25, -0.2) is 28.4 Å². The highest BCUT2D eigenvalue weighted by molar-refractivity contribution is 7.92. The van der Waals surface area contributed by atoms with Crippen molar-refractivity contribution < 1.29 is 32.3 Å². The third kappa shape index (κ3) is 12.2. The number of amides is 4. The van der Waals surface area contributed by atoms with Gasteiger partial charge in [-0.3, -0.25) is 29.2 Å². The fraction of sp³-hybridized carbons (Fsp3) is 0.537. The number of sulfone groups is 1. The Morgan fingerprint density at radius 1 is 0.921 bits per heavy atom. The molecular formula is C54H74N14O7S. The summed E-state index contributed by atoms with van der Waals surface area (Å²) >= 11 is 0. The summed E-state index contributed by atoms with van der Waals surface area (Å²) in [5.74, 6) is 0.344. The summed E-state index contributed by atoms with van der Waals surface area (Å²) in [7, 11) is -2.18. The van der Waals surface area contributed by atoms with Crippen LogP contribution in [0.5, 0.6) is 5.75 Å². The van der Waals surface area contributed by atoms with Crippen molar-refractivity contribution in [2.24, 2.45) is 5.41 Å². The first-order valence-electron chi connectivity index (χ1n) is 26.2. The van der Waals surface area contributed by atoms with Gasteiger partial charge in [0, 0.05) is 68.0 Å². The SMILES string of the molecule is CN[C@@H](C)C(=O)N[C@H](C(=O)N1C[C@@H](NC(=O)c2cnc(N3CCN(CCCOc4cc5ncnc(Nc6n[nH]c(C)c6C)c5cc4S(=O)(=O)C(C)(C)C)CC3)cn2)C[C@H]1C(=O)N[C@@H]1CCCc2ccccc21)C(C)(C)C. The molecule has 8 rings (SSSR count). The Morgan fingerprint density at radius 2 is 1.67 bits per heavy atom. The first kappa shape index (κ1) is 55.5. The molecule has 5 atom stereocenters. The topological polar surface area (TPSA) is 262 Å². The third-order valence-electron chi connectivity index (χ3n) is 14.9. The Hall–Kier alpha value is -6.78. The van der Waals surface area contributed by atoms with E-state index in [0.717, 1.165) is 49.2 Å². The van der Waals surface area contributed by atoms with Gasteiger partial charge in [-0.05, 0) is 103 Å². The molecule has 0 unspecified atom stereocenters. The highest BCUT2D eigenvalue weighted by atomic mass is 32.2. The molecule has 2 fully saturated rings. The summed E-state index contributed by atoms with van der Waals surface area (Å²) in [6.45, 7) is 20.0. The van der Waals surface area contributed by atoms with Gasteiger partial charge in [-0.15, -0.1) is 0 Å². The van der Waals surface area contributed by atoms with E-state index in [9.17, 15) is 27.6 Å². The lowest BCUT2D eigenvalue weighted by Gasteiger charge is -2.36. The highest BCUT2D eigenvalue weighted by Crippen LogP contribution is 2.38.